The Labute approximate surface area is 118 Å². The van der Waals surface area contributed by atoms with Crippen LogP contribution in [0.4, 0.5) is 5.69 Å². The number of nitriles is 1. The van der Waals surface area contributed by atoms with Gasteiger partial charge in [-0.3, -0.25) is 10.1 Å². The van der Waals surface area contributed by atoms with Crippen molar-refractivity contribution in [3.63, 3.8) is 0 Å². The van der Waals surface area contributed by atoms with Gasteiger partial charge in [0.2, 0.25) is 0 Å². The Hall–Kier alpha value is -2.13. The summed E-state index contributed by atoms with van der Waals surface area (Å²) >= 11 is 0. The van der Waals surface area contributed by atoms with Gasteiger partial charge >= 0.3 is 0 Å². The lowest BCUT2D eigenvalue weighted by Crippen LogP contribution is -2.38. The van der Waals surface area contributed by atoms with Crippen LogP contribution in [0.2, 0.25) is 0 Å². The number of hydrogen-bond acceptors (Lipinski definition) is 5. The molecule has 0 aliphatic carbocycles. The highest BCUT2D eigenvalue weighted by atomic mass is 16.6. The Bertz CT molecular complexity index is 525. The normalized spacial score (nSPS) is 13.3. The number of nitrogens with one attached hydrogen (secondary N) is 1. The standard InChI is InChI=1S/C14H19N3O3/c1-11-9-12(5-6-13(11)17(18)19)20-8-4-7-14(2,10-15)16-3/h5-6,9,16H,4,7-8H2,1-3H3. The SMILES string of the molecule is CNC(C)(C#N)CCCOc1ccc([N+](=O)[O-])c(C)c1. The van der Waals surface area contributed by atoms with Crippen molar-refractivity contribution in [2.24, 2.45) is 0 Å². The minimum Gasteiger partial charge on any atom is -0.494 e. The summed E-state index contributed by atoms with van der Waals surface area (Å²) in [6.45, 7) is 3.98. The lowest BCUT2D eigenvalue weighted by molar-refractivity contribution is -0.385. The lowest BCUT2D eigenvalue weighted by atomic mass is 9.98. The monoisotopic (exact) mass is 277 g/mol. The number of nitro groups is 1. The van der Waals surface area contributed by atoms with E-state index in [9.17, 15) is 10.1 Å². The molecule has 1 aromatic carbocycles. The Morgan fingerprint density at radius 2 is 2.25 bits per heavy atom. The quantitative estimate of drug-likeness (QED) is 0.470. The molecular weight excluding hydrogens is 258 g/mol. The summed E-state index contributed by atoms with van der Waals surface area (Å²) < 4.78 is 5.55. The van der Waals surface area contributed by atoms with E-state index in [1.807, 2.05) is 6.92 Å². The molecule has 1 aromatic rings. The maximum Gasteiger partial charge on any atom is 0.272 e. The molecule has 0 amide bonds. The van der Waals surface area contributed by atoms with Crippen LogP contribution in [0, 0.1) is 28.4 Å². The van der Waals surface area contributed by atoms with Crippen molar-refractivity contribution in [3.05, 3.63) is 33.9 Å². The average molecular weight is 277 g/mol. The molecule has 1 N–H and O–H groups in total. The van der Waals surface area contributed by atoms with Gasteiger partial charge in [-0.05, 0) is 45.9 Å². The first-order chi connectivity index (χ1) is 9.41. The van der Waals surface area contributed by atoms with Crippen LogP contribution in [0.5, 0.6) is 5.75 Å². The second-order valence-electron chi connectivity index (χ2n) is 4.85. The molecule has 1 atom stereocenters. The van der Waals surface area contributed by atoms with Crippen molar-refractivity contribution in [2.75, 3.05) is 13.7 Å². The molecule has 0 aliphatic rings. The van der Waals surface area contributed by atoms with Crippen molar-refractivity contribution < 1.29 is 9.66 Å². The summed E-state index contributed by atoms with van der Waals surface area (Å²) in [6, 6.07) is 6.90. The summed E-state index contributed by atoms with van der Waals surface area (Å²) in [4.78, 5) is 10.3. The van der Waals surface area contributed by atoms with Crippen LogP contribution in [-0.4, -0.2) is 24.1 Å². The van der Waals surface area contributed by atoms with Crippen LogP contribution in [-0.2, 0) is 0 Å². The number of nitro benzene ring substituents is 1. The first-order valence-electron chi connectivity index (χ1n) is 6.40. The van der Waals surface area contributed by atoms with Crippen molar-refractivity contribution in [3.8, 4) is 11.8 Å². The summed E-state index contributed by atoms with van der Waals surface area (Å²) in [7, 11) is 1.75. The topological polar surface area (TPSA) is 88.2 Å². The van der Waals surface area contributed by atoms with Gasteiger partial charge in [0.05, 0.1) is 17.6 Å². The maximum absolute atomic E-state index is 10.7. The average Bonchev–Trinajstić information content (AvgIpc) is 2.43. The minimum atomic E-state index is -0.547. The molecule has 6 heteroatoms. The molecule has 108 valence electrons. The van der Waals surface area contributed by atoms with E-state index in [-0.39, 0.29) is 5.69 Å². The van der Waals surface area contributed by atoms with E-state index in [2.05, 4.69) is 11.4 Å². The lowest BCUT2D eigenvalue weighted by Gasteiger charge is -2.20. The zero-order valence-corrected chi connectivity index (χ0v) is 12.0. The van der Waals surface area contributed by atoms with Gasteiger partial charge in [0.25, 0.3) is 5.69 Å². The van der Waals surface area contributed by atoms with Gasteiger partial charge in [0.15, 0.2) is 0 Å². The number of ether oxygens (including phenoxy) is 1. The molecule has 20 heavy (non-hydrogen) atoms. The van der Waals surface area contributed by atoms with Crippen LogP contribution in [0.1, 0.15) is 25.3 Å². The molecule has 0 aliphatic heterocycles. The van der Waals surface area contributed by atoms with E-state index in [0.717, 1.165) is 6.42 Å². The molecule has 0 saturated heterocycles. The summed E-state index contributed by atoms with van der Waals surface area (Å²) in [5.74, 6) is 0.608. The third-order valence-corrected chi connectivity index (χ3v) is 3.25. The Morgan fingerprint density at radius 1 is 1.55 bits per heavy atom. The number of rotatable bonds is 7. The van der Waals surface area contributed by atoms with Gasteiger partial charge in [-0.1, -0.05) is 0 Å². The second kappa shape index (κ2) is 6.87. The summed E-state index contributed by atoms with van der Waals surface area (Å²) in [5.41, 5.74) is 0.114. The Kier molecular flexibility index (Phi) is 5.47. The van der Waals surface area contributed by atoms with E-state index < -0.39 is 10.5 Å². The van der Waals surface area contributed by atoms with Crippen LogP contribution < -0.4 is 10.1 Å². The smallest absolute Gasteiger partial charge is 0.272 e. The first kappa shape index (κ1) is 15.9. The second-order valence-corrected chi connectivity index (χ2v) is 4.85. The van der Waals surface area contributed by atoms with Gasteiger partial charge in [-0.15, -0.1) is 0 Å². The highest BCUT2D eigenvalue weighted by molar-refractivity contribution is 5.44. The van der Waals surface area contributed by atoms with Crippen LogP contribution in [0.3, 0.4) is 0 Å². The third kappa shape index (κ3) is 4.21. The predicted molar refractivity (Wildman–Crippen MR) is 75.6 cm³/mol. The van der Waals surface area contributed by atoms with E-state index in [0.29, 0.717) is 24.3 Å². The number of benzene rings is 1. The fraction of sp³-hybridized carbons (Fsp3) is 0.500. The number of hydrogen-bond donors (Lipinski definition) is 1. The zero-order valence-electron chi connectivity index (χ0n) is 12.0. The van der Waals surface area contributed by atoms with E-state index in [1.165, 1.54) is 6.07 Å². The van der Waals surface area contributed by atoms with Crippen LogP contribution >= 0.6 is 0 Å². The fourth-order valence-electron chi connectivity index (χ4n) is 1.78. The largest absolute Gasteiger partial charge is 0.494 e. The molecular formula is C14H19N3O3. The van der Waals surface area contributed by atoms with E-state index >= 15 is 0 Å². The van der Waals surface area contributed by atoms with Crippen LogP contribution in [0.15, 0.2) is 18.2 Å². The highest BCUT2D eigenvalue weighted by Crippen LogP contribution is 2.23. The molecule has 0 fully saturated rings. The van der Waals surface area contributed by atoms with Crippen molar-refractivity contribution in [1.29, 1.82) is 5.26 Å². The van der Waals surface area contributed by atoms with E-state index in [1.54, 1.807) is 26.1 Å². The maximum atomic E-state index is 10.7. The Morgan fingerprint density at radius 3 is 2.75 bits per heavy atom. The van der Waals surface area contributed by atoms with Crippen molar-refractivity contribution in [1.82, 2.24) is 5.32 Å². The molecule has 0 spiro atoms. The van der Waals surface area contributed by atoms with Gasteiger partial charge in [0.1, 0.15) is 11.3 Å². The van der Waals surface area contributed by atoms with Gasteiger partial charge in [0, 0.05) is 11.6 Å². The Balaban J connectivity index is 2.50. The van der Waals surface area contributed by atoms with Gasteiger partial charge in [-0.2, -0.15) is 5.26 Å². The van der Waals surface area contributed by atoms with E-state index in [4.69, 9.17) is 10.00 Å². The summed E-state index contributed by atoms with van der Waals surface area (Å²) in [5, 5.41) is 22.7. The van der Waals surface area contributed by atoms with Crippen molar-refractivity contribution >= 4 is 5.69 Å². The van der Waals surface area contributed by atoms with Crippen molar-refractivity contribution in [2.45, 2.75) is 32.2 Å². The highest BCUT2D eigenvalue weighted by Gasteiger charge is 2.20. The fourth-order valence-corrected chi connectivity index (χ4v) is 1.78. The predicted octanol–water partition coefficient (Wildman–Crippen LogP) is 2.56. The van der Waals surface area contributed by atoms with Gasteiger partial charge < -0.3 is 10.1 Å². The minimum absolute atomic E-state index is 0.0876. The zero-order chi connectivity index (χ0) is 15.2. The van der Waals surface area contributed by atoms with Gasteiger partial charge in [-0.25, -0.2) is 0 Å². The molecule has 0 heterocycles. The number of nitrogens with zero attached hydrogens (tertiary/aromatic N) is 2. The molecule has 6 nitrogen and oxygen atoms in total. The number of aryl methyl sites for hydroxylation is 1. The molecule has 1 unspecified atom stereocenters. The molecule has 1 rings (SSSR count). The van der Waals surface area contributed by atoms with Crippen LogP contribution in [0.25, 0.3) is 0 Å². The molecule has 0 aromatic heterocycles. The molecule has 0 radical (unpaired) electrons. The third-order valence-electron chi connectivity index (χ3n) is 3.25. The first-order valence-corrected chi connectivity index (χ1v) is 6.40. The summed E-state index contributed by atoms with van der Waals surface area (Å²) in [6.07, 6.45) is 1.40. The molecule has 0 bridgehead atoms. The molecule has 0 saturated carbocycles.